The summed E-state index contributed by atoms with van der Waals surface area (Å²) < 4.78 is 2.22. The van der Waals surface area contributed by atoms with E-state index in [-0.39, 0.29) is 0 Å². The zero-order valence-electron chi connectivity index (χ0n) is 13.9. The summed E-state index contributed by atoms with van der Waals surface area (Å²) in [5.74, 6) is 1.81. The van der Waals surface area contributed by atoms with Gasteiger partial charge < -0.3 is 9.88 Å². The summed E-state index contributed by atoms with van der Waals surface area (Å²) in [5, 5.41) is 4.92. The number of nitrogens with zero attached hydrogens (tertiary/aromatic N) is 3. The predicted octanol–water partition coefficient (Wildman–Crippen LogP) is 3.94. The van der Waals surface area contributed by atoms with Gasteiger partial charge in [0.15, 0.2) is 0 Å². The lowest BCUT2D eigenvalue weighted by atomic mass is 10.2. The highest BCUT2D eigenvalue weighted by molar-refractivity contribution is 7.11. The summed E-state index contributed by atoms with van der Waals surface area (Å²) in [7, 11) is 0. The summed E-state index contributed by atoms with van der Waals surface area (Å²) >= 11 is 1.81. The highest BCUT2D eigenvalue weighted by Crippen LogP contribution is 2.42. The van der Waals surface area contributed by atoms with Crippen molar-refractivity contribution < 1.29 is 0 Å². The SMILES string of the molecule is Cc1cnc(C(NCc2nccn2Cc2ccccc2)C2CC2)s1. The van der Waals surface area contributed by atoms with Crippen molar-refractivity contribution in [2.24, 2.45) is 5.92 Å². The molecule has 0 radical (unpaired) electrons. The minimum absolute atomic E-state index is 0.366. The van der Waals surface area contributed by atoms with Gasteiger partial charge >= 0.3 is 0 Å². The molecular weight excluding hydrogens is 316 g/mol. The second kappa shape index (κ2) is 6.87. The van der Waals surface area contributed by atoms with Crippen molar-refractivity contribution in [1.29, 1.82) is 0 Å². The minimum atomic E-state index is 0.366. The predicted molar refractivity (Wildman–Crippen MR) is 96.9 cm³/mol. The van der Waals surface area contributed by atoms with Crippen LogP contribution in [0.5, 0.6) is 0 Å². The Bertz CT molecular complexity index is 789. The van der Waals surface area contributed by atoms with Gasteiger partial charge in [-0.25, -0.2) is 9.97 Å². The van der Waals surface area contributed by atoms with E-state index >= 15 is 0 Å². The molecule has 5 heteroatoms. The molecule has 2 heterocycles. The first-order chi connectivity index (χ1) is 11.8. The summed E-state index contributed by atoms with van der Waals surface area (Å²) in [6, 6.07) is 10.9. The van der Waals surface area contributed by atoms with Crippen LogP contribution in [0.3, 0.4) is 0 Å². The number of imidazole rings is 1. The molecule has 1 aliphatic rings. The van der Waals surface area contributed by atoms with Gasteiger partial charge in [-0.05, 0) is 31.2 Å². The molecule has 1 N–H and O–H groups in total. The Labute approximate surface area is 146 Å². The summed E-state index contributed by atoms with van der Waals surface area (Å²) in [6.07, 6.45) is 8.53. The summed E-state index contributed by atoms with van der Waals surface area (Å²) in [5.41, 5.74) is 1.30. The highest BCUT2D eigenvalue weighted by atomic mass is 32.1. The van der Waals surface area contributed by atoms with Crippen molar-refractivity contribution in [2.45, 2.75) is 38.9 Å². The molecular formula is C19H22N4S. The quantitative estimate of drug-likeness (QED) is 0.709. The van der Waals surface area contributed by atoms with Crippen LogP contribution < -0.4 is 5.32 Å². The van der Waals surface area contributed by atoms with Crippen molar-refractivity contribution in [3.8, 4) is 0 Å². The van der Waals surface area contributed by atoms with Gasteiger partial charge in [-0.1, -0.05) is 30.3 Å². The average molecular weight is 338 g/mol. The van der Waals surface area contributed by atoms with E-state index in [2.05, 4.69) is 63.3 Å². The van der Waals surface area contributed by atoms with Crippen molar-refractivity contribution in [3.63, 3.8) is 0 Å². The molecule has 124 valence electrons. The van der Waals surface area contributed by atoms with E-state index in [0.717, 1.165) is 24.8 Å². The second-order valence-corrected chi connectivity index (χ2v) is 7.73. The van der Waals surface area contributed by atoms with E-state index < -0.39 is 0 Å². The zero-order valence-corrected chi connectivity index (χ0v) is 14.7. The molecule has 1 fully saturated rings. The van der Waals surface area contributed by atoms with Crippen LogP contribution in [-0.4, -0.2) is 14.5 Å². The molecule has 1 aromatic carbocycles. The third-order valence-corrected chi connectivity index (χ3v) is 5.47. The largest absolute Gasteiger partial charge is 0.329 e. The number of aryl methyl sites for hydroxylation is 1. The third kappa shape index (κ3) is 3.57. The van der Waals surface area contributed by atoms with Gasteiger partial charge in [0.05, 0.1) is 12.6 Å². The van der Waals surface area contributed by atoms with Gasteiger partial charge in [0.1, 0.15) is 10.8 Å². The number of aromatic nitrogens is 3. The lowest BCUT2D eigenvalue weighted by Crippen LogP contribution is -2.24. The number of hydrogen-bond donors (Lipinski definition) is 1. The van der Waals surface area contributed by atoms with Crippen molar-refractivity contribution in [1.82, 2.24) is 19.9 Å². The maximum Gasteiger partial charge on any atom is 0.122 e. The first kappa shape index (κ1) is 15.5. The molecule has 4 nitrogen and oxygen atoms in total. The molecule has 1 aliphatic carbocycles. The number of rotatable bonds is 7. The molecule has 0 amide bonds. The molecule has 1 saturated carbocycles. The number of nitrogens with one attached hydrogen (secondary N) is 1. The Morgan fingerprint density at radius 3 is 2.79 bits per heavy atom. The topological polar surface area (TPSA) is 42.7 Å². The Hall–Kier alpha value is -1.98. The van der Waals surface area contributed by atoms with Crippen LogP contribution in [0, 0.1) is 12.8 Å². The van der Waals surface area contributed by atoms with E-state index in [1.165, 1.54) is 28.3 Å². The number of thiazole rings is 1. The van der Waals surface area contributed by atoms with E-state index in [0.29, 0.717) is 6.04 Å². The maximum atomic E-state index is 4.60. The van der Waals surface area contributed by atoms with Gasteiger partial charge in [0.25, 0.3) is 0 Å². The van der Waals surface area contributed by atoms with Crippen LogP contribution in [0.1, 0.15) is 40.2 Å². The van der Waals surface area contributed by atoms with Crippen LogP contribution in [0.15, 0.2) is 48.9 Å². The Morgan fingerprint density at radius 1 is 1.25 bits per heavy atom. The maximum absolute atomic E-state index is 4.60. The van der Waals surface area contributed by atoms with E-state index in [9.17, 15) is 0 Å². The molecule has 3 aromatic rings. The third-order valence-electron chi connectivity index (χ3n) is 4.48. The van der Waals surface area contributed by atoms with Gasteiger partial charge in [-0.3, -0.25) is 0 Å². The van der Waals surface area contributed by atoms with Crippen molar-refractivity contribution >= 4 is 11.3 Å². The van der Waals surface area contributed by atoms with Crippen LogP contribution in [0.25, 0.3) is 0 Å². The molecule has 24 heavy (non-hydrogen) atoms. The van der Waals surface area contributed by atoms with Gasteiger partial charge in [0.2, 0.25) is 0 Å². The number of hydrogen-bond acceptors (Lipinski definition) is 4. The van der Waals surface area contributed by atoms with Crippen molar-refractivity contribution in [2.75, 3.05) is 0 Å². The monoisotopic (exact) mass is 338 g/mol. The van der Waals surface area contributed by atoms with Gasteiger partial charge in [-0.15, -0.1) is 11.3 Å². The van der Waals surface area contributed by atoms with Crippen LogP contribution in [-0.2, 0) is 13.1 Å². The molecule has 1 atom stereocenters. The van der Waals surface area contributed by atoms with Crippen LogP contribution in [0.4, 0.5) is 0 Å². The molecule has 1 unspecified atom stereocenters. The molecule has 0 bridgehead atoms. The Kier molecular flexibility index (Phi) is 4.45. The highest BCUT2D eigenvalue weighted by Gasteiger charge is 2.34. The zero-order chi connectivity index (χ0) is 16.4. The van der Waals surface area contributed by atoms with E-state index in [1.807, 2.05) is 23.7 Å². The lowest BCUT2D eigenvalue weighted by Gasteiger charge is -2.16. The Balaban J connectivity index is 1.45. The molecule has 0 saturated heterocycles. The number of benzene rings is 1. The first-order valence-electron chi connectivity index (χ1n) is 8.49. The van der Waals surface area contributed by atoms with E-state index in [1.54, 1.807) is 0 Å². The van der Waals surface area contributed by atoms with Crippen LogP contribution >= 0.6 is 11.3 Å². The van der Waals surface area contributed by atoms with Crippen molar-refractivity contribution in [3.05, 3.63) is 70.2 Å². The minimum Gasteiger partial charge on any atom is -0.329 e. The normalized spacial score (nSPS) is 15.5. The fraction of sp³-hybridized carbons (Fsp3) is 0.368. The van der Waals surface area contributed by atoms with Gasteiger partial charge in [0, 0.05) is 30.0 Å². The Morgan fingerprint density at radius 2 is 2.08 bits per heavy atom. The molecule has 4 rings (SSSR count). The molecule has 0 spiro atoms. The first-order valence-corrected chi connectivity index (χ1v) is 9.31. The van der Waals surface area contributed by atoms with E-state index in [4.69, 9.17) is 0 Å². The van der Waals surface area contributed by atoms with Gasteiger partial charge in [-0.2, -0.15) is 0 Å². The second-order valence-electron chi connectivity index (χ2n) is 6.46. The smallest absolute Gasteiger partial charge is 0.122 e. The standard InChI is InChI=1S/C19H22N4S/c1-14-11-22-19(24-14)18(16-7-8-16)21-12-17-20-9-10-23(17)13-15-5-3-2-4-6-15/h2-6,9-11,16,18,21H,7-8,12-13H2,1H3. The average Bonchev–Trinajstić information content (AvgIpc) is 3.19. The van der Waals surface area contributed by atoms with Crippen LogP contribution in [0.2, 0.25) is 0 Å². The summed E-state index contributed by atoms with van der Waals surface area (Å²) in [6.45, 7) is 3.76. The summed E-state index contributed by atoms with van der Waals surface area (Å²) in [4.78, 5) is 10.4. The fourth-order valence-corrected chi connectivity index (χ4v) is 3.98. The fourth-order valence-electron chi connectivity index (χ4n) is 3.03. The molecule has 0 aliphatic heterocycles. The lowest BCUT2D eigenvalue weighted by molar-refractivity contribution is 0.463. The molecule has 2 aromatic heterocycles.